The Morgan fingerprint density at radius 1 is 0.377 bits per heavy atom. The number of thioether (sulfide) groups is 6. The van der Waals surface area contributed by atoms with Crippen molar-refractivity contribution in [1.82, 2.24) is 168 Å². The number of imidazole rings is 6. The maximum atomic E-state index is 13.1. The molecule has 0 fully saturated rings. The number of ketones is 1. The summed E-state index contributed by atoms with van der Waals surface area (Å²) in [6.45, 7) is 4.07. The molecular formula is C98H81F2N35O3S8. The molecular weight excluding hydrogens is 2010 g/mol. The molecule has 24 rings (SSSR count). The average Bonchev–Trinajstić information content (AvgIpc) is 1.57. The number of aromatic nitrogens is 34. The van der Waals surface area contributed by atoms with Crippen molar-refractivity contribution in [2.24, 2.45) is 21.1 Å². The van der Waals surface area contributed by atoms with Gasteiger partial charge in [0.15, 0.2) is 36.7 Å². The van der Waals surface area contributed by atoms with Crippen molar-refractivity contribution in [2.45, 2.75) is 92.1 Å². The zero-order chi connectivity index (χ0) is 100. The van der Waals surface area contributed by atoms with Crippen molar-refractivity contribution in [3.05, 3.63) is 347 Å². The minimum atomic E-state index is -3.47. The maximum Gasteiger partial charge on any atom is 0.322 e. The number of anilines is 1. The van der Waals surface area contributed by atoms with Gasteiger partial charge in [0.25, 0.3) is 29.7 Å². The van der Waals surface area contributed by atoms with Gasteiger partial charge in [-0.05, 0) is 189 Å². The average molecular weight is 2090 g/mol. The number of benzene rings is 6. The van der Waals surface area contributed by atoms with Crippen LogP contribution in [-0.2, 0) is 60.5 Å². The van der Waals surface area contributed by atoms with E-state index in [9.17, 15) is 18.4 Å². The molecule has 18 aromatic heterocycles. The lowest BCUT2D eigenvalue weighted by molar-refractivity contribution is -0.137. The minimum absolute atomic E-state index is 0.0470. The Labute approximate surface area is 862 Å². The molecule has 0 aliphatic carbocycles. The monoisotopic (exact) mass is 2090 g/mol. The first-order valence-electron chi connectivity index (χ1n) is 44.5. The number of tetrazole rings is 3. The van der Waals surface area contributed by atoms with Gasteiger partial charge in [-0.25, -0.2) is 73.9 Å². The second-order valence-electron chi connectivity index (χ2n) is 31.3. The summed E-state index contributed by atoms with van der Waals surface area (Å²) in [5, 5.41) is 50.5. The third-order valence-corrected chi connectivity index (χ3v) is 29.0. The van der Waals surface area contributed by atoms with E-state index < -0.39 is 11.8 Å². The van der Waals surface area contributed by atoms with Gasteiger partial charge < -0.3 is 9.84 Å². The molecule has 0 saturated carbocycles. The number of para-hydroxylation sites is 12. The normalized spacial score (nSPS) is 11.3. The van der Waals surface area contributed by atoms with Gasteiger partial charge in [0.05, 0.1) is 99.7 Å². The van der Waals surface area contributed by atoms with Crippen molar-refractivity contribution in [2.75, 3.05) is 5.32 Å². The molecule has 0 saturated heterocycles. The highest BCUT2D eigenvalue weighted by Crippen LogP contribution is 2.37. The Bertz CT molecular complexity index is 8530. The molecule has 0 radical (unpaired) electrons. The number of pyridine rings is 6. The lowest BCUT2D eigenvalue weighted by Gasteiger charge is -2.11. The summed E-state index contributed by atoms with van der Waals surface area (Å²) in [6, 6.07) is 81.3. The first-order valence-corrected chi connectivity index (χ1v) is 52.2. The number of aryl methyl sites for hydroxylation is 4. The van der Waals surface area contributed by atoms with Crippen LogP contribution in [0.15, 0.2) is 339 Å². The van der Waals surface area contributed by atoms with Crippen LogP contribution in [0.1, 0.15) is 62.0 Å². The van der Waals surface area contributed by atoms with Crippen LogP contribution in [0.2, 0.25) is 0 Å². The van der Waals surface area contributed by atoms with Gasteiger partial charge in [0.2, 0.25) is 6.39 Å². The van der Waals surface area contributed by atoms with Crippen LogP contribution < -0.4 is 5.32 Å². The van der Waals surface area contributed by atoms with Crippen LogP contribution in [0.5, 0.6) is 0 Å². The third kappa shape index (κ3) is 23.6. The Morgan fingerprint density at radius 3 is 1.12 bits per heavy atom. The van der Waals surface area contributed by atoms with E-state index >= 15 is 0 Å². The summed E-state index contributed by atoms with van der Waals surface area (Å²) < 4.78 is 47.9. The lowest BCUT2D eigenvalue weighted by Crippen LogP contribution is -2.31. The SMILES string of the molecule is CC(=O)c1cccc(CSc2nc3ccccc3n2-c2nnnn2C)n1.CC(F)(F)C(=O)Nc1cccc(CSc2nc3ccccc3n2-c2ccccn2)n1.Cc1ncc(CSc2nc3ccccc3n2-c2nnnn2C)s1.Cn1nnnc1-n1c(SCc2nccs2)nc2ccccc21.c1ccc(CSc2nc3ccccc3n2-c2ccccn2)nc1.c1ccc(CSc2nc3ccccc3n2-c2ncon2)nc1. The maximum absolute atomic E-state index is 13.1. The Hall–Kier alpha value is -16.3. The molecule has 24 aromatic rings. The quantitative estimate of drug-likeness (QED) is 0.0369. The standard InChI is InChI=1S/C21H17F2N5OS.C18H14N4S.C17H15N7OS.C15H11N5OS.C14H13N7S2.C13H11N7S2/c1-21(22,23)19(29)27-17-10-6-7-14(25-17)13-30-20-26-15-8-2-3-9-16(15)28(20)18-11-4-5-12-24-18;1-2-9-16-15(8-1)21-18(22(16)17-10-4-6-12-20-17)23-13-14-7-3-5-11-19-14;1-11(25)13-8-5-6-12(18-13)10-26-17-19-14-7-3-4-9-15(14)24(17)16-20-21-22-23(16)2;1-2-7-13-12(6-1)18-15(20(13)14-17-10-21-19-14)22-9-11-5-3-4-8-16-11;1-9-15-7-10(23-9)8-22-14-16-11-5-3-4-6-12(11)21(14)13-17-18-19-20(13)2;1-19-12(16-17-18-19)20-10-5-3-2-4-9(10)15-13(20)22-8-11-14-6-7-21-11/h2-12H,13H2,1H3,(H,25,27,29);1-12H,13H2;3-9H,10H2,1-2H3;1-8,10H,9H2;3-7H,8H2,1-2H3;2-7H,8H2,1H3. The predicted octanol–water partition coefficient (Wildman–Crippen LogP) is 19.2. The molecule has 18 heterocycles. The van der Waals surface area contributed by atoms with Crippen LogP contribution in [0.25, 0.3) is 102 Å². The molecule has 0 aliphatic rings. The van der Waals surface area contributed by atoms with Gasteiger partial charge >= 0.3 is 5.92 Å². The molecule has 0 unspecified atom stereocenters. The number of carbonyl (C=O) groups excluding carboxylic acids is 2. The molecule has 6 aromatic carbocycles. The summed E-state index contributed by atoms with van der Waals surface area (Å²) in [5.74, 6) is 3.27. The van der Waals surface area contributed by atoms with Gasteiger partial charge in [-0.3, -0.25) is 47.0 Å². The number of hydrogen-bond acceptors (Lipinski definition) is 36. The fourth-order valence-electron chi connectivity index (χ4n) is 14.5. The molecule has 48 heteroatoms. The van der Waals surface area contributed by atoms with E-state index in [0.717, 1.165) is 159 Å². The topological polar surface area (TPSA) is 426 Å². The number of fused-ring (bicyclic) bond motifs is 6. The van der Waals surface area contributed by atoms with Crippen molar-refractivity contribution in [1.29, 1.82) is 0 Å². The predicted molar refractivity (Wildman–Crippen MR) is 559 cm³/mol. The number of carbonyl (C=O) groups is 2. The summed E-state index contributed by atoms with van der Waals surface area (Å²) in [6.07, 6.45) is 12.2. The zero-order valence-corrected chi connectivity index (χ0v) is 84.6. The number of halogens is 2. The van der Waals surface area contributed by atoms with Crippen LogP contribution in [0.4, 0.5) is 14.6 Å². The van der Waals surface area contributed by atoms with Gasteiger partial charge in [0, 0.05) is 111 Å². The highest BCUT2D eigenvalue weighted by Gasteiger charge is 2.33. The number of rotatable bonds is 27. The van der Waals surface area contributed by atoms with Crippen molar-refractivity contribution in [3.63, 3.8) is 0 Å². The minimum Gasteiger partial charge on any atom is -0.341 e. The zero-order valence-electron chi connectivity index (χ0n) is 78.1. The van der Waals surface area contributed by atoms with Crippen LogP contribution in [0.3, 0.4) is 0 Å². The molecule has 1 amide bonds. The number of nitrogens with one attached hydrogen (secondary N) is 1. The number of nitrogens with zero attached hydrogens (tertiary/aromatic N) is 34. The first kappa shape index (κ1) is 98.5. The van der Waals surface area contributed by atoms with E-state index in [1.807, 2.05) is 292 Å². The van der Waals surface area contributed by atoms with Crippen molar-refractivity contribution >= 4 is 177 Å². The lowest BCUT2D eigenvalue weighted by atomic mass is 10.2. The largest absolute Gasteiger partial charge is 0.341 e. The number of hydrogen-bond donors (Lipinski definition) is 1. The fraction of sp³-hybridized carbons (Fsp3) is 0.133. The van der Waals surface area contributed by atoms with Crippen molar-refractivity contribution in [3.8, 4) is 35.4 Å². The number of amides is 1. The summed E-state index contributed by atoms with van der Waals surface area (Å²) in [5.41, 5.74) is 15.2. The summed E-state index contributed by atoms with van der Waals surface area (Å²) in [4.78, 5) is 91.5. The third-order valence-electron chi connectivity index (χ3n) is 21.2. The first-order chi connectivity index (χ1) is 71.4. The molecule has 0 aliphatic heterocycles. The van der Waals surface area contributed by atoms with E-state index in [4.69, 9.17) is 29.4 Å². The fourth-order valence-corrected chi connectivity index (χ4v) is 21.6. The molecule has 146 heavy (non-hydrogen) atoms. The molecule has 728 valence electrons. The Kier molecular flexibility index (Phi) is 31.3. The Balaban J connectivity index is 0.000000111. The van der Waals surface area contributed by atoms with Gasteiger partial charge in [-0.15, -0.1) is 22.7 Å². The molecule has 38 nitrogen and oxygen atoms in total. The van der Waals surface area contributed by atoms with E-state index in [-0.39, 0.29) is 11.6 Å². The van der Waals surface area contributed by atoms with Gasteiger partial charge in [-0.2, -0.15) is 13.8 Å². The summed E-state index contributed by atoms with van der Waals surface area (Å²) in [7, 11) is 5.43. The number of Topliss-reactive ketones (excluding diaryl/α,β-unsaturated/α-hetero) is 1. The highest BCUT2D eigenvalue weighted by molar-refractivity contribution is 7.99. The van der Waals surface area contributed by atoms with Crippen LogP contribution in [-0.4, -0.2) is 186 Å². The van der Waals surface area contributed by atoms with E-state index in [0.29, 0.717) is 53.6 Å². The Morgan fingerprint density at radius 2 is 0.747 bits per heavy atom. The van der Waals surface area contributed by atoms with Crippen molar-refractivity contribution < 1.29 is 22.9 Å². The highest BCUT2D eigenvalue weighted by atomic mass is 32.2. The van der Waals surface area contributed by atoms with Gasteiger partial charge in [0.1, 0.15) is 28.2 Å². The van der Waals surface area contributed by atoms with E-state index in [1.165, 1.54) is 47.8 Å². The van der Waals surface area contributed by atoms with E-state index in [1.54, 1.807) is 128 Å². The second kappa shape index (κ2) is 46.4. The van der Waals surface area contributed by atoms with Crippen LogP contribution >= 0.6 is 93.2 Å². The molecule has 0 bridgehead atoms. The summed E-state index contributed by atoms with van der Waals surface area (Å²) >= 11 is 12.9. The number of alkyl halides is 2. The molecule has 1 N–H and O–H groups in total. The van der Waals surface area contributed by atoms with Crippen LogP contribution in [0, 0.1) is 6.92 Å². The molecule has 0 spiro atoms. The molecule has 0 atom stereocenters. The smallest absolute Gasteiger partial charge is 0.322 e. The number of thiazole rings is 2. The second-order valence-corrected chi connectivity index (χ2v) is 39.3. The van der Waals surface area contributed by atoms with Gasteiger partial charge in [-0.1, -0.05) is 195 Å². The van der Waals surface area contributed by atoms with E-state index in [2.05, 4.69) is 118 Å².